The summed E-state index contributed by atoms with van der Waals surface area (Å²) in [4.78, 5) is 0. The van der Waals surface area contributed by atoms with Crippen molar-refractivity contribution in [2.24, 2.45) is 0 Å². The largest absolute Gasteiger partial charge is 0.396 e. The van der Waals surface area contributed by atoms with E-state index in [0.29, 0.717) is 6.61 Å². The van der Waals surface area contributed by atoms with E-state index in [-0.39, 0.29) is 6.61 Å². The van der Waals surface area contributed by atoms with Crippen molar-refractivity contribution in [2.45, 2.75) is 83.8 Å². The zero-order valence-corrected chi connectivity index (χ0v) is 17.9. The Bertz CT molecular complexity index is 423. The van der Waals surface area contributed by atoms with Crippen LogP contribution in [0.15, 0.2) is 24.3 Å². The van der Waals surface area contributed by atoms with Gasteiger partial charge in [0.1, 0.15) is 0 Å². The maximum atomic E-state index is 8.65. The molecule has 0 aliphatic rings. The molecule has 0 fully saturated rings. The van der Waals surface area contributed by atoms with Crippen LogP contribution in [0.5, 0.6) is 0 Å². The monoisotopic (exact) mass is 364 g/mol. The van der Waals surface area contributed by atoms with Gasteiger partial charge in [-0.1, -0.05) is 87.6 Å². The van der Waals surface area contributed by atoms with E-state index in [1.807, 2.05) is 0 Å². The van der Waals surface area contributed by atoms with Crippen LogP contribution in [0.25, 0.3) is 0 Å². The second-order valence-corrected chi connectivity index (χ2v) is 13.3. The highest BCUT2D eigenvalue weighted by atomic mass is 28.3. The third-order valence-corrected chi connectivity index (χ3v) is 6.84. The Morgan fingerprint density at radius 2 is 1.24 bits per heavy atom. The van der Waals surface area contributed by atoms with E-state index in [1.165, 1.54) is 63.4 Å². The summed E-state index contributed by atoms with van der Waals surface area (Å²) in [6, 6.07) is 9.40. The predicted octanol–water partition coefficient (Wildman–Crippen LogP) is 5.29. The fourth-order valence-electron chi connectivity index (χ4n) is 3.03. The van der Waals surface area contributed by atoms with E-state index in [1.54, 1.807) is 5.19 Å². The molecule has 0 unspecified atom stereocenters. The molecule has 3 heteroatoms. The third-order valence-electron chi connectivity index (χ3n) is 4.77. The third kappa shape index (κ3) is 11.6. The van der Waals surface area contributed by atoms with Gasteiger partial charge in [-0.05, 0) is 31.2 Å². The van der Waals surface area contributed by atoms with E-state index in [0.717, 1.165) is 13.0 Å². The minimum atomic E-state index is -1.15. The average molecular weight is 365 g/mol. The standard InChI is InChI=1S/C22H40O2Si/c1-25(2,3)22-16-14-21(15-17-22)13-10-8-6-4-5-7-9-11-19-24-20-12-18-23/h14-17,23H,4-13,18-20H2,1-3H3. The van der Waals surface area contributed by atoms with Crippen molar-refractivity contribution >= 4 is 13.3 Å². The van der Waals surface area contributed by atoms with Crippen LogP contribution in [-0.2, 0) is 11.2 Å². The molecule has 0 aliphatic heterocycles. The number of hydrogen-bond acceptors (Lipinski definition) is 2. The summed E-state index contributed by atoms with van der Waals surface area (Å²) >= 11 is 0. The summed E-state index contributed by atoms with van der Waals surface area (Å²) in [5.41, 5.74) is 1.50. The Balaban J connectivity index is 1.92. The van der Waals surface area contributed by atoms with E-state index < -0.39 is 8.07 Å². The topological polar surface area (TPSA) is 29.5 Å². The molecule has 0 heterocycles. The van der Waals surface area contributed by atoms with Crippen LogP contribution in [0.4, 0.5) is 0 Å². The maximum Gasteiger partial charge on any atom is 0.0775 e. The number of aryl methyl sites for hydroxylation is 1. The van der Waals surface area contributed by atoms with Crippen LogP contribution in [0, 0.1) is 0 Å². The minimum Gasteiger partial charge on any atom is -0.396 e. The average Bonchev–Trinajstić information content (AvgIpc) is 2.58. The SMILES string of the molecule is C[Si](C)(C)c1ccc(CCCCCCCCCCOCCCO)cc1. The first-order chi connectivity index (χ1) is 12.0. The van der Waals surface area contributed by atoms with Crippen molar-refractivity contribution in [1.82, 2.24) is 0 Å². The van der Waals surface area contributed by atoms with Crippen molar-refractivity contribution in [3.05, 3.63) is 29.8 Å². The molecule has 1 rings (SSSR count). The molecule has 0 spiro atoms. The fourth-order valence-corrected chi connectivity index (χ4v) is 4.20. The van der Waals surface area contributed by atoms with E-state index in [2.05, 4.69) is 43.9 Å². The fraction of sp³-hybridized carbons (Fsp3) is 0.727. The zero-order chi connectivity index (χ0) is 18.4. The van der Waals surface area contributed by atoms with Crippen molar-refractivity contribution < 1.29 is 9.84 Å². The molecule has 0 saturated heterocycles. The lowest BCUT2D eigenvalue weighted by Crippen LogP contribution is -2.37. The second-order valence-electron chi connectivity index (χ2n) is 8.21. The molecule has 0 aromatic heterocycles. The normalized spacial score (nSPS) is 11.8. The maximum absolute atomic E-state index is 8.65. The minimum absolute atomic E-state index is 0.240. The molecule has 25 heavy (non-hydrogen) atoms. The quantitative estimate of drug-likeness (QED) is 0.338. The highest BCUT2D eigenvalue weighted by Crippen LogP contribution is 2.12. The first kappa shape index (κ1) is 22.4. The molecule has 2 nitrogen and oxygen atoms in total. The van der Waals surface area contributed by atoms with Gasteiger partial charge in [-0.2, -0.15) is 0 Å². The first-order valence-corrected chi connectivity index (χ1v) is 13.8. The first-order valence-electron chi connectivity index (χ1n) is 10.3. The number of hydrogen-bond donors (Lipinski definition) is 1. The van der Waals surface area contributed by atoms with Gasteiger partial charge in [0, 0.05) is 19.8 Å². The molecule has 1 N–H and O–H groups in total. The van der Waals surface area contributed by atoms with Crippen molar-refractivity contribution in [1.29, 1.82) is 0 Å². The van der Waals surface area contributed by atoms with Crippen LogP contribution in [0.1, 0.15) is 63.4 Å². The number of benzene rings is 1. The molecule has 1 aromatic carbocycles. The predicted molar refractivity (Wildman–Crippen MR) is 113 cm³/mol. The number of rotatable bonds is 15. The molecule has 0 amide bonds. The van der Waals surface area contributed by atoms with Crippen LogP contribution >= 0.6 is 0 Å². The molecule has 1 aromatic rings. The van der Waals surface area contributed by atoms with E-state index >= 15 is 0 Å². The van der Waals surface area contributed by atoms with Crippen LogP contribution in [0.3, 0.4) is 0 Å². The zero-order valence-electron chi connectivity index (χ0n) is 16.9. The van der Waals surface area contributed by atoms with Gasteiger partial charge >= 0.3 is 0 Å². The lowest BCUT2D eigenvalue weighted by Gasteiger charge is -2.16. The lowest BCUT2D eigenvalue weighted by atomic mass is 10.0. The number of aliphatic hydroxyl groups is 1. The molecule has 0 aliphatic carbocycles. The number of aliphatic hydroxyl groups excluding tert-OH is 1. The summed E-state index contributed by atoms with van der Waals surface area (Å²) in [5, 5.41) is 10.2. The van der Waals surface area contributed by atoms with Crippen LogP contribution in [-0.4, -0.2) is 33.0 Å². The van der Waals surface area contributed by atoms with Gasteiger partial charge < -0.3 is 9.84 Å². The van der Waals surface area contributed by atoms with Crippen LogP contribution in [0.2, 0.25) is 19.6 Å². The molecule has 0 bridgehead atoms. The van der Waals surface area contributed by atoms with Gasteiger partial charge in [-0.15, -0.1) is 0 Å². The summed E-state index contributed by atoms with van der Waals surface area (Å²) in [6.07, 6.45) is 12.6. The Morgan fingerprint density at radius 1 is 0.720 bits per heavy atom. The van der Waals surface area contributed by atoms with E-state index in [9.17, 15) is 0 Å². The molecule has 0 saturated carbocycles. The Hall–Kier alpha value is -0.643. The van der Waals surface area contributed by atoms with Crippen molar-refractivity contribution in [3.63, 3.8) is 0 Å². The van der Waals surface area contributed by atoms with Gasteiger partial charge in [0.15, 0.2) is 0 Å². The Kier molecular flexibility index (Phi) is 12.1. The summed E-state index contributed by atoms with van der Waals surface area (Å²) in [6.45, 7) is 9.03. The highest BCUT2D eigenvalue weighted by molar-refractivity contribution is 6.88. The van der Waals surface area contributed by atoms with E-state index in [4.69, 9.17) is 9.84 Å². The van der Waals surface area contributed by atoms with Gasteiger partial charge in [-0.3, -0.25) is 0 Å². The van der Waals surface area contributed by atoms with Crippen molar-refractivity contribution in [3.8, 4) is 0 Å². The highest BCUT2D eigenvalue weighted by Gasteiger charge is 2.15. The molecular formula is C22H40O2Si. The van der Waals surface area contributed by atoms with Gasteiger partial charge in [0.05, 0.1) is 8.07 Å². The molecule has 0 radical (unpaired) electrons. The number of ether oxygens (including phenoxy) is 1. The smallest absolute Gasteiger partial charge is 0.0775 e. The van der Waals surface area contributed by atoms with Crippen molar-refractivity contribution in [2.75, 3.05) is 19.8 Å². The molecule has 0 atom stereocenters. The Morgan fingerprint density at radius 3 is 1.80 bits per heavy atom. The van der Waals surface area contributed by atoms with Crippen LogP contribution < -0.4 is 5.19 Å². The number of unbranched alkanes of at least 4 members (excludes halogenated alkanes) is 7. The van der Waals surface area contributed by atoms with Gasteiger partial charge in [0.2, 0.25) is 0 Å². The summed E-state index contributed by atoms with van der Waals surface area (Å²) < 4.78 is 5.44. The lowest BCUT2D eigenvalue weighted by molar-refractivity contribution is 0.112. The van der Waals surface area contributed by atoms with Gasteiger partial charge in [0.25, 0.3) is 0 Å². The summed E-state index contributed by atoms with van der Waals surface area (Å²) in [7, 11) is -1.15. The molecular weight excluding hydrogens is 324 g/mol. The van der Waals surface area contributed by atoms with Gasteiger partial charge in [-0.25, -0.2) is 0 Å². The Labute approximate surface area is 157 Å². The molecule has 144 valence electrons. The second kappa shape index (κ2) is 13.5. The summed E-state index contributed by atoms with van der Waals surface area (Å²) in [5.74, 6) is 0.